The molecule has 2 N–H and O–H groups in total. The topological polar surface area (TPSA) is 52.6 Å². The fraction of sp³-hybridized carbons (Fsp3) is 0.261. The van der Waals surface area contributed by atoms with Gasteiger partial charge in [0, 0.05) is 37.1 Å². The summed E-state index contributed by atoms with van der Waals surface area (Å²) in [4.78, 5) is 15.1. The second kappa shape index (κ2) is 8.69. The fourth-order valence-corrected chi connectivity index (χ4v) is 4.68. The number of carboxylic acid groups (broad SMARTS) is 1. The molecule has 0 saturated heterocycles. The highest BCUT2D eigenvalue weighted by atomic mass is 32.1. The van der Waals surface area contributed by atoms with E-state index < -0.39 is 5.97 Å². The van der Waals surface area contributed by atoms with Crippen molar-refractivity contribution in [1.29, 1.82) is 0 Å². The van der Waals surface area contributed by atoms with E-state index in [1.165, 1.54) is 16.0 Å². The first-order valence-electron chi connectivity index (χ1n) is 9.58. The Morgan fingerprint density at radius 3 is 2.64 bits per heavy atom. The van der Waals surface area contributed by atoms with Gasteiger partial charge in [-0.25, -0.2) is 4.79 Å². The van der Waals surface area contributed by atoms with Gasteiger partial charge in [0.25, 0.3) is 0 Å². The third-order valence-corrected chi connectivity index (χ3v) is 6.35. The average Bonchev–Trinajstić information content (AvgIpc) is 3.20. The summed E-state index contributed by atoms with van der Waals surface area (Å²) in [5.74, 6) is -0.887. The van der Waals surface area contributed by atoms with Crippen LogP contribution in [0.2, 0.25) is 0 Å². The number of thiophene rings is 1. The van der Waals surface area contributed by atoms with Gasteiger partial charge in [-0.2, -0.15) is 0 Å². The number of rotatable bonds is 7. The van der Waals surface area contributed by atoms with E-state index in [0.717, 1.165) is 38.2 Å². The summed E-state index contributed by atoms with van der Waals surface area (Å²) in [5, 5.41) is 14.8. The first kappa shape index (κ1) is 18.9. The number of hydrogen-bond acceptors (Lipinski definition) is 4. The minimum atomic E-state index is -0.887. The monoisotopic (exact) mass is 392 g/mol. The number of nitrogens with one attached hydrogen (secondary N) is 1. The van der Waals surface area contributed by atoms with Crippen LogP contribution in [0.4, 0.5) is 0 Å². The molecule has 28 heavy (non-hydrogen) atoms. The quantitative estimate of drug-likeness (QED) is 0.628. The molecular weight excluding hydrogens is 368 g/mol. The van der Waals surface area contributed by atoms with E-state index in [0.29, 0.717) is 11.6 Å². The van der Waals surface area contributed by atoms with Gasteiger partial charge in [-0.1, -0.05) is 42.5 Å². The Hall–Kier alpha value is -2.47. The molecule has 144 valence electrons. The van der Waals surface area contributed by atoms with Crippen LogP contribution in [0.5, 0.6) is 0 Å². The third kappa shape index (κ3) is 4.33. The molecule has 2 heterocycles. The van der Waals surface area contributed by atoms with Crippen molar-refractivity contribution in [3.05, 3.63) is 93.2 Å². The average molecular weight is 393 g/mol. The van der Waals surface area contributed by atoms with Crippen molar-refractivity contribution in [2.24, 2.45) is 0 Å². The Bertz CT molecular complexity index is 921. The largest absolute Gasteiger partial charge is 0.478 e. The Morgan fingerprint density at radius 1 is 1.11 bits per heavy atom. The minimum absolute atomic E-state index is 0.313. The van der Waals surface area contributed by atoms with Crippen molar-refractivity contribution < 1.29 is 9.90 Å². The molecule has 1 aromatic heterocycles. The Balaban J connectivity index is 1.43. The molecule has 4 rings (SSSR count). The van der Waals surface area contributed by atoms with Crippen molar-refractivity contribution in [2.75, 3.05) is 13.1 Å². The number of nitrogens with zero attached hydrogens (tertiary/aromatic N) is 1. The highest BCUT2D eigenvalue weighted by molar-refractivity contribution is 7.10. The molecule has 1 atom stereocenters. The van der Waals surface area contributed by atoms with E-state index in [4.69, 9.17) is 5.11 Å². The maximum Gasteiger partial charge on any atom is 0.335 e. The summed E-state index contributed by atoms with van der Waals surface area (Å²) < 4.78 is 0. The molecule has 0 amide bonds. The smallest absolute Gasteiger partial charge is 0.335 e. The molecule has 0 bridgehead atoms. The molecule has 1 aliphatic heterocycles. The Labute approximate surface area is 169 Å². The third-order valence-electron chi connectivity index (χ3n) is 5.33. The number of benzene rings is 2. The normalized spacial score (nSPS) is 15.1. The van der Waals surface area contributed by atoms with Crippen molar-refractivity contribution in [3.8, 4) is 0 Å². The van der Waals surface area contributed by atoms with Crippen LogP contribution in [-0.2, 0) is 19.5 Å². The molecule has 4 nitrogen and oxygen atoms in total. The van der Waals surface area contributed by atoms with Crippen LogP contribution >= 0.6 is 11.3 Å². The van der Waals surface area contributed by atoms with Gasteiger partial charge in [-0.3, -0.25) is 4.90 Å². The second-order valence-electron chi connectivity index (χ2n) is 7.15. The summed E-state index contributed by atoms with van der Waals surface area (Å²) >= 11 is 1.87. The zero-order valence-electron chi connectivity index (χ0n) is 15.7. The van der Waals surface area contributed by atoms with Crippen LogP contribution in [0.3, 0.4) is 0 Å². The van der Waals surface area contributed by atoms with Crippen LogP contribution in [-0.4, -0.2) is 29.1 Å². The molecule has 5 heteroatoms. The highest BCUT2D eigenvalue weighted by Crippen LogP contribution is 2.30. The van der Waals surface area contributed by atoms with Gasteiger partial charge in [0.1, 0.15) is 0 Å². The van der Waals surface area contributed by atoms with Crippen molar-refractivity contribution >= 4 is 17.3 Å². The van der Waals surface area contributed by atoms with Gasteiger partial charge in [-0.05, 0) is 46.7 Å². The van der Waals surface area contributed by atoms with Crippen LogP contribution < -0.4 is 5.32 Å². The molecule has 2 aromatic carbocycles. The van der Waals surface area contributed by atoms with Gasteiger partial charge in [0.05, 0.1) is 5.56 Å². The molecule has 1 aliphatic rings. The molecule has 0 aliphatic carbocycles. The lowest BCUT2D eigenvalue weighted by Crippen LogP contribution is -2.38. The summed E-state index contributed by atoms with van der Waals surface area (Å²) in [5.41, 5.74) is 4.21. The lowest BCUT2D eigenvalue weighted by molar-refractivity contribution is 0.0697. The maximum atomic E-state index is 11.0. The molecule has 0 radical (unpaired) electrons. The van der Waals surface area contributed by atoms with Crippen LogP contribution in [0.1, 0.15) is 38.0 Å². The zero-order valence-corrected chi connectivity index (χ0v) is 16.5. The predicted octanol–water partition coefficient (Wildman–Crippen LogP) is 4.34. The SMILES string of the molecule is O=C(O)c1ccc(CNCC(c2ccccc2)N2CCc3sccc3C2)cc1. The number of fused-ring (bicyclic) bond motifs is 1. The van der Waals surface area contributed by atoms with Crippen molar-refractivity contribution in [2.45, 2.75) is 25.6 Å². The number of aromatic carboxylic acids is 1. The molecule has 0 spiro atoms. The number of carboxylic acids is 1. The Morgan fingerprint density at radius 2 is 1.89 bits per heavy atom. The van der Waals surface area contributed by atoms with Gasteiger partial charge < -0.3 is 10.4 Å². The number of hydrogen-bond donors (Lipinski definition) is 2. The summed E-state index contributed by atoms with van der Waals surface area (Å²) in [6.45, 7) is 3.64. The molecular formula is C23H24N2O2S. The maximum absolute atomic E-state index is 11.0. The molecule has 3 aromatic rings. The van der Waals surface area contributed by atoms with Crippen molar-refractivity contribution in [3.63, 3.8) is 0 Å². The van der Waals surface area contributed by atoms with Crippen LogP contribution in [0.25, 0.3) is 0 Å². The standard InChI is InChI=1S/C23H24N2O2S/c26-23(27)19-8-6-17(7-9-19)14-24-15-21(18-4-2-1-3-5-18)25-12-10-22-20(16-25)11-13-28-22/h1-9,11,13,21,24H,10,12,14-16H2,(H,26,27). The summed E-state index contributed by atoms with van der Waals surface area (Å²) in [6, 6.07) is 20.3. The van der Waals surface area contributed by atoms with E-state index in [1.54, 1.807) is 12.1 Å². The summed E-state index contributed by atoms with van der Waals surface area (Å²) in [6.07, 6.45) is 1.12. The van der Waals surface area contributed by atoms with E-state index in [1.807, 2.05) is 23.5 Å². The molecule has 1 unspecified atom stereocenters. The van der Waals surface area contributed by atoms with E-state index >= 15 is 0 Å². The van der Waals surface area contributed by atoms with Gasteiger partial charge >= 0.3 is 5.97 Å². The summed E-state index contributed by atoms with van der Waals surface area (Å²) in [7, 11) is 0. The minimum Gasteiger partial charge on any atom is -0.478 e. The first-order valence-corrected chi connectivity index (χ1v) is 10.5. The van der Waals surface area contributed by atoms with Gasteiger partial charge in [-0.15, -0.1) is 11.3 Å². The lowest BCUT2D eigenvalue weighted by Gasteiger charge is -2.35. The fourth-order valence-electron chi connectivity index (χ4n) is 3.79. The molecule has 0 saturated carbocycles. The molecule has 0 fully saturated rings. The zero-order chi connectivity index (χ0) is 19.3. The van der Waals surface area contributed by atoms with E-state index in [9.17, 15) is 4.79 Å². The van der Waals surface area contributed by atoms with Gasteiger partial charge in [0.2, 0.25) is 0 Å². The van der Waals surface area contributed by atoms with Crippen LogP contribution in [0.15, 0.2) is 66.0 Å². The Kier molecular flexibility index (Phi) is 5.86. The lowest BCUT2D eigenvalue weighted by atomic mass is 10.0. The van der Waals surface area contributed by atoms with Crippen LogP contribution in [0, 0.1) is 0 Å². The predicted molar refractivity (Wildman–Crippen MR) is 113 cm³/mol. The van der Waals surface area contributed by atoms with E-state index in [-0.39, 0.29) is 0 Å². The first-order chi connectivity index (χ1) is 13.7. The van der Waals surface area contributed by atoms with Gasteiger partial charge in [0.15, 0.2) is 0 Å². The van der Waals surface area contributed by atoms with E-state index in [2.05, 4.69) is 52.0 Å². The second-order valence-corrected chi connectivity index (χ2v) is 8.15. The number of carbonyl (C=O) groups is 1. The van der Waals surface area contributed by atoms with Crippen molar-refractivity contribution in [1.82, 2.24) is 10.2 Å². The highest BCUT2D eigenvalue weighted by Gasteiger charge is 2.25.